The summed E-state index contributed by atoms with van der Waals surface area (Å²) in [5.41, 5.74) is 0. The van der Waals surface area contributed by atoms with Gasteiger partial charge in [-0.1, -0.05) is 12.8 Å². The van der Waals surface area contributed by atoms with Crippen LogP contribution in [0, 0.1) is 0 Å². The molecule has 1 aliphatic carbocycles. The molecule has 0 bridgehead atoms. The summed E-state index contributed by atoms with van der Waals surface area (Å²) in [5.74, 6) is 0.283. The SMILES string of the molecule is O=C(CNC1CCCC1)NC1CCCS(=O)(=O)C1. The highest BCUT2D eigenvalue weighted by atomic mass is 32.2. The zero-order valence-corrected chi connectivity index (χ0v) is 11.5. The van der Waals surface area contributed by atoms with Gasteiger partial charge in [-0.25, -0.2) is 8.42 Å². The summed E-state index contributed by atoms with van der Waals surface area (Å²) in [7, 11) is -2.94. The molecule has 0 radical (unpaired) electrons. The van der Waals surface area contributed by atoms with Crippen LogP contribution in [-0.2, 0) is 14.6 Å². The normalized spacial score (nSPS) is 28.1. The van der Waals surface area contributed by atoms with E-state index in [1.54, 1.807) is 0 Å². The van der Waals surface area contributed by atoms with Crippen LogP contribution in [0.1, 0.15) is 38.5 Å². The van der Waals surface area contributed by atoms with Crippen molar-refractivity contribution in [1.29, 1.82) is 0 Å². The fourth-order valence-electron chi connectivity index (χ4n) is 2.78. The van der Waals surface area contributed by atoms with Crippen molar-refractivity contribution >= 4 is 15.7 Å². The molecule has 0 aromatic heterocycles. The van der Waals surface area contributed by atoms with Crippen LogP contribution in [0.5, 0.6) is 0 Å². The van der Waals surface area contributed by atoms with Crippen LogP contribution in [-0.4, -0.2) is 44.5 Å². The van der Waals surface area contributed by atoms with E-state index in [-0.39, 0.29) is 23.5 Å². The summed E-state index contributed by atoms with van der Waals surface area (Å²) in [6, 6.07) is 0.271. The Labute approximate surface area is 109 Å². The molecule has 0 aromatic rings. The minimum atomic E-state index is -2.94. The Morgan fingerprint density at radius 2 is 1.72 bits per heavy atom. The number of hydrogen-bond donors (Lipinski definition) is 2. The first-order chi connectivity index (χ1) is 8.55. The van der Waals surface area contributed by atoms with Crippen LogP contribution < -0.4 is 10.6 Å². The van der Waals surface area contributed by atoms with Gasteiger partial charge in [0, 0.05) is 12.1 Å². The maximum absolute atomic E-state index is 11.7. The molecule has 1 atom stereocenters. The van der Waals surface area contributed by atoms with E-state index in [4.69, 9.17) is 0 Å². The fourth-order valence-corrected chi connectivity index (χ4v) is 4.42. The summed E-state index contributed by atoms with van der Waals surface area (Å²) in [4.78, 5) is 11.7. The minimum absolute atomic E-state index is 0.0796. The van der Waals surface area contributed by atoms with Crippen molar-refractivity contribution in [2.24, 2.45) is 0 Å². The number of carbonyl (C=O) groups is 1. The van der Waals surface area contributed by atoms with Crippen LogP contribution in [0.4, 0.5) is 0 Å². The van der Waals surface area contributed by atoms with Gasteiger partial charge in [-0.3, -0.25) is 4.79 Å². The van der Waals surface area contributed by atoms with Gasteiger partial charge >= 0.3 is 0 Å². The van der Waals surface area contributed by atoms with Gasteiger partial charge in [-0.2, -0.15) is 0 Å². The number of carbonyl (C=O) groups excluding carboxylic acids is 1. The monoisotopic (exact) mass is 274 g/mol. The zero-order valence-electron chi connectivity index (χ0n) is 10.7. The predicted octanol–water partition coefficient (Wildman–Crippen LogP) is 0.212. The molecular weight excluding hydrogens is 252 g/mol. The van der Waals surface area contributed by atoms with Crippen molar-refractivity contribution in [3.05, 3.63) is 0 Å². The first-order valence-electron chi connectivity index (χ1n) is 6.78. The average Bonchev–Trinajstić information content (AvgIpc) is 2.77. The molecule has 2 rings (SSSR count). The Morgan fingerprint density at radius 1 is 1.06 bits per heavy atom. The van der Waals surface area contributed by atoms with E-state index in [1.807, 2.05) is 0 Å². The lowest BCUT2D eigenvalue weighted by Crippen LogP contribution is -2.47. The van der Waals surface area contributed by atoms with Gasteiger partial charge in [-0.05, 0) is 25.7 Å². The molecule has 18 heavy (non-hydrogen) atoms. The summed E-state index contributed by atoms with van der Waals surface area (Å²) in [6.07, 6.45) is 6.19. The second kappa shape index (κ2) is 6.02. The van der Waals surface area contributed by atoms with Crippen molar-refractivity contribution in [3.63, 3.8) is 0 Å². The van der Waals surface area contributed by atoms with Gasteiger partial charge in [0.15, 0.2) is 9.84 Å². The van der Waals surface area contributed by atoms with E-state index in [1.165, 1.54) is 12.8 Å². The van der Waals surface area contributed by atoms with Gasteiger partial charge in [-0.15, -0.1) is 0 Å². The minimum Gasteiger partial charge on any atom is -0.351 e. The summed E-state index contributed by atoms with van der Waals surface area (Å²) in [5, 5.41) is 6.05. The standard InChI is InChI=1S/C12H22N2O3S/c15-12(8-13-10-4-1-2-5-10)14-11-6-3-7-18(16,17)9-11/h10-11,13H,1-9H2,(H,14,15). The van der Waals surface area contributed by atoms with Crippen molar-refractivity contribution in [2.75, 3.05) is 18.1 Å². The second-order valence-corrected chi connectivity index (χ2v) is 7.61. The number of rotatable bonds is 4. The molecule has 1 unspecified atom stereocenters. The molecule has 1 saturated carbocycles. The maximum atomic E-state index is 11.7. The Balaban J connectivity index is 1.70. The molecule has 0 aromatic carbocycles. The van der Waals surface area contributed by atoms with Crippen molar-refractivity contribution in [2.45, 2.75) is 50.6 Å². The van der Waals surface area contributed by atoms with Crippen molar-refractivity contribution < 1.29 is 13.2 Å². The highest BCUT2D eigenvalue weighted by Gasteiger charge is 2.26. The van der Waals surface area contributed by atoms with E-state index in [0.717, 1.165) is 19.3 Å². The average molecular weight is 274 g/mol. The zero-order chi connectivity index (χ0) is 13.0. The Morgan fingerprint density at radius 3 is 2.39 bits per heavy atom. The van der Waals surface area contributed by atoms with E-state index in [0.29, 0.717) is 19.0 Å². The molecule has 5 nitrogen and oxygen atoms in total. The quantitative estimate of drug-likeness (QED) is 0.768. The third-order valence-corrected chi connectivity index (χ3v) is 5.56. The third kappa shape index (κ3) is 4.24. The van der Waals surface area contributed by atoms with Crippen molar-refractivity contribution in [1.82, 2.24) is 10.6 Å². The third-order valence-electron chi connectivity index (χ3n) is 3.73. The molecule has 0 spiro atoms. The van der Waals surface area contributed by atoms with Gasteiger partial charge in [0.2, 0.25) is 5.91 Å². The van der Waals surface area contributed by atoms with E-state index in [2.05, 4.69) is 10.6 Å². The number of hydrogen-bond acceptors (Lipinski definition) is 4. The predicted molar refractivity (Wildman–Crippen MR) is 70.1 cm³/mol. The molecule has 6 heteroatoms. The summed E-state index contributed by atoms with van der Waals surface area (Å²) < 4.78 is 22.9. The van der Waals surface area contributed by atoms with Gasteiger partial charge < -0.3 is 10.6 Å². The summed E-state index contributed by atoms with van der Waals surface area (Å²) >= 11 is 0. The lowest BCUT2D eigenvalue weighted by molar-refractivity contribution is -0.121. The lowest BCUT2D eigenvalue weighted by Gasteiger charge is -2.23. The van der Waals surface area contributed by atoms with E-state index < -0.39 is 9.84 Å². The first-order valence-corrected chi connectivity index (χ1v) is 8.60. The maximum Gasteiger partial charge on any atom is 0.234 e. The second-order valence-electron chi connectivity index (χ2n) is 5.38. The molecular formula is C12H22N2O3S. The van der Waals surface area contributed by atoms with E-state index in [9.17, 15) is 13.2 Å². The Hall–Kier alpha value is -0.620. The Bertz CT molecular complexity index is 388. The van der Waals surface area contributed by atoms with Crippen molar-refractivity contribution in [3.8, 4) is 0 Å². The summed E-state index contributed by atoms with van der Waals surface area (Å²) in [6.45, 7) is 0.307. The van der Waals surface area contributed by atoms with E-state index >= 15 is 0 Å². The molecule has 104 valence electrons. The molecule has 1 amide bonds. The largest absolute Gasteiger partial charge is 0.351 e. The molecule has 2 aliphatic rings. The highest BCUT2D eigenvalue weighted by molar-refractivity contribution is 7.91. The van der Waals surface area contributed by atoms with Crippen LogP contribution in [0.2, 0.25) is 0 Å². The highest BCUT2D eigenvalue weighted by Crippen LogP contribution is 2.17. The molecule has 1 saturated heterocycles. The Kier molecular flexibility index (Phi) is 4.61. The van der Waals surface area contributed by atoms with Crippen LogP contribution in [0.15, 0.2) is 0 Å². The topological polar surface area (TPSA) is 75.3 Å². The number of sulfone groups is 1. The van der Waals surface area contributed by atoms with Crippen LogP contribution in [0.3, 0.4) is 0 Å². The van der Waals surface area contributed by atoms with Gasteiger partial charge in [0.25, 0.3) is 0 Å². The lowest BCUT2D eigenvalue weighted by atomic mass is 10.2. The molecule has 2 N–H and O–H groups in total. The number of amides is 1. The molecule has 2 fully saturated rings. The van der Waals surface area contributed by atoms with Gasteiger partial charge in [0.1, 0.15) is 0 Å². The first kappa shape index (κ1) is 13.8. The molecule has 1 heterocycles. The van der Waals surface area contributed by atoms with Gasteiger partial charge in [0.05, 0.1) is 18.1 Å². The fraction of sp³-hybridized carbons (Fsp3) is 0.917. The number of nitrogens with one attached hydrogen (secondary N) is 2. The van der Waals surface area contributed by atoms with Crippen LogP contribution >= 0.6 is 0 Å². The van der Waals surface area contributed by atoms with Crippen LogP contribution in [0.25, 0.3) is 0 Å². The molecule has 1 aliphatic heterocycles. The smallest absolute Gasteiger partial charge is 0.234 e.